The highest BCUT2D eigenvalue weighted by Gasteiger charge is 2.23. The fraction of sp³-hybridized carbons (Fsp3) is 0.160. The second-order valence-electron chi connectivity index (χ2n) is 7.94. The van der Waals surface area contributed by atoms with Crippen molar-refractivity contribution in [3.63, 3.8) is 0 Å². The van der Waals surface area contributed by atoms with Crippen molar-refractivity contribution in [2.24, 2.45) is 0 Å². The standard InChI is InChI=1S/C25H25N3O3S/c1-18-8-14-21(15-9-18)32(30,31)24-16-28(23-7-5-4-6-22(23)24)17-25(29)26-19-10-12-20(13-11-19)27(2)3/h4-16H,17H2,1-3H3,(H,26,29). The van der Waals surface area contributed by atoms with Crippen LogP contribution in [0.4, 0.5) is 11.4 Å². The molecular formula is C25H25N3O3S. The fourth-order valence-electron chi connectivity index (χ4n) is 3.60. The van der Waals surface area contributed by atoms with Gasteiger partial charge in [0.25, 0.3) is 0 Å². The number of fused-ring (bicyclic) bond motifs is 1. The molecule has 4 aromatic rings. The van der Waals surface area contributed by atoms with Crippen molar-refractivity contribution in [3.05, 3.63) is 84.6 Å². The Morgan fingerprint density at radius 2 is 1.59 bits per heavy atom. The van der Waals surface area contributed by atoms with E-state index in [1.807, 2.05) is 62.3 Å². The van der Waals surface area contributed by atoms with Crippen LogP contribution in [0.25, 0.3) is 10.9 Å². The maximum Gasteiger partial charge on any atom is 0.244 e. The van der Waals surface area contributed by atoms with E-state index in [0.717, 1.165) is 11.3 Å². The number of carbonyl (C=O) groups excluding carboxylic acids is 1. The zero-order chi connectivity index (χ0) is 22.9. The maximum atomic E-state index is 13.3. The van der Waals surface area contributed by atoms with Crippen LogP contribution < -0.4 is 10.2 Å². The van der Waals surface area contributed by atoms with Crippen molar-refractivity contribution in [3.8, 4) is 0 Å². The summed E-state index contributed by atoms with van der Waals surface area (Å²) in [6, 6.07) is 21.5. The minimum atomic E-state index is -3.73. The Kier molecular flexibility index (Phi) is 5.76. The molecule has 0 atom stereocenters. The van der Waals surface area contributed by atoms with Crippen molar-refractivity contribution < 1.29 is 13.2 Å². The summed E-state index contributed by atoms with van der Waals surface area (Å²) in [7, 11) is 0.176. The first-order valence-corrected chi connectivity index (χ1v) is 11.7. The van der Waals surface area contributed by atoms with E-state index in [9.17, 15) is 13.2 Å². The first-order chi connectivity index (χ1) is 15.3. The third kappa shape index (κ3) is 4.24. The second kappa shape index (κ2) is 8.51. The van der Waals surface area contributed by atoms with Crippen LogP contribution in [0.3, 0.4) is 0 Å². The van der Waals surface area contributed by atoms with Crippen molar-refractivity contribution >= 4 is 38.0 Å². The van der Waals surface area contributed by atoms with Gasteiger partial charge >= 0.3 is 0 Å². The summed E-state index contributed by atoms with van der Waals surface area (Å²) >= 11 is 0. The van der Waals surface area contributed by atoms with E-state index in [0.29, 0.717) is 16.6 Å². The first-order valence-electron chi connectivity index (χ1n) is 10.2. The molecule has 3 aromatic carbocycles. The highest BCUT2D eigenvalue weighted by atomic mass is 32.2. The number of nitrogens with zero attached hydrogens (tertiary/aromatic N) is 2. The molecule has 0 radical (unpaired) electrons. The molecule has 0 unspecified atom stereocenters. The van der Waals surface area contributed by atoms with Gasteiger partial charge in [0.1, 0.15) is 6.54 Å². The molecule has 0 saturated carbocycles. The SMILES string of the molecule is Cc1ccc(S(=O)(=O)c2cn(CC(=O)Nc3ccc(N(C)C)cc3)c3ccccc23)cc1. The number of benzene rings is 3. The van der Waals surface area contributed by atoms with Crippen molar-refractivity contribution in [1.82, 2.24) is 4.57 Å². The van der Waals surface area contributed by atoms with E-state index in [1.165, 1.54) is 0 Å². The van der Waals surface area contributed by atoms with E-state index in [-0.39, 0.29) is 22.2 Å². The van der Waals surface area contributed by atoms with Gasteiger partial charge < -0.3 is 14.8 Å². The highest BCUT2D eigenvalue weighted by molar-refractivity contribution is 7.91. The average Bonchev–Trinajstić information content (AvgIpc) is 3.13. The topological polar surface area (TPSA) is 71.4 Å². The van der Waals surface area contributed by atoms with Crippen LogP contribution in [0.15, 0.2) is 88.8 Å². The quantitative estimate of drug-likeness (QED) is 0.473. The number of carbonyl (C=O) groups is 1. The molecule has 0 aliphatic rings. The lowest BCUT2D eigenvalue weighted by atomic mass is 10.2. The molecule has 0 spiro atoms. The van der Waals surface area contributed by atoms with Gasteiger partial charge in [0, 0.05) is 42.6 Å². The highest BCUT2D eigenvalue weighted by Crippen LogP contribution is 2.30. The Balaban J connectivity index is 1.64. The lowest BCUT2D eigenvalue weighted by Crippen LogP contribution is -2.18. The number of aromatic nitrogens is 1. The molecule has 0 saturated heterocycles. The van der Waals surface area contributed by atoms with Crippen LogP contribution in [0.2, 0.25) is 0 Å². The van der Waals surface area contributed by atoms with Gasteiger partial charge in [-0.1, -0.05) is 35.9 Å². The molecule has 164 valence electrons. The molecule has 1 aromatic heterocycles. The van der Waals surface area contributed by atoms with Crippen molar-refractivity contribution in [2.45, 2.75) is 23.3 Å². The second-order valence-corrected chi connectivity index (χ2v) is 9.86. The van der Waals surface area contributed by atoms with E-state index >= 15 is 0 Å². The summed E-state index contributed by atoms with van der Waals surface area (Å²) < 4.78 is 28.3. The largest absolute Gasteiger partial charge is 0.378 e. The van der Waals surface area contributed by atoms with Gasteiger partial charge in [-0.2, -0.15) is 0 Å². The van der Waals surface area contributed by atoms with Crippen LogP contribution in [0, 0.1) is 6.92 Å². The third-order valence-electron chi connectivity index (χ3n) is 5.35. The van der Waals surface area contributed by atoms with Crippen LogP contribution in [-0.2, 0) is 21.2 Å². The number of rotatable bonds is 6. The lowest BCUT2D eigenvalue weighted by molar-refractivity contribution is -0.116. The Bertz CT molecular complexity index is 1370. The van der Waals surface area contributed by atoms with E-state index < -0.39 is 9.84 Å². The molecule has 1 amide bonds. The lowest BCUT2D eigenvalue weighted by Gasteiger charge is -2.13. The minimum Gasteiger partial charge on any atom is -0.378 e. The number of hydrogen-bond donors (Lipinski definition) is 1. The van der Waals surface area contributed by atoms with E-state index in [4.69, 9.17) is 0 Å². The summed E-state index contributed by atoms with van der Waals surface area (Å²) in [5.41, 5.74) is 3.40. The number of para-hydroxylation sites is 1. The normalized spacial score (nSPS) is 11.5. The number of hydrogen-bond acceptors (Lipinski definition) is 4. The Morgan fingerprint density at radius 1 is 0.938 bits per heavy atom. The van der Waals surface area contributed by atoms with Crippen LogP contribution >= 0.6 is 0 Å². The Morgan fingerprint density at radius 3 is 2.25 bits per heavy atom. The van der Waals surface area contributed by atoms with Crippen LogP contribution in [0.1, 0.15) is 5.56 Å². The molecule has 0 aliphatic carbocycles. The number of nitrogens with one attached hydrogen (secondary N) is 1. The minimum absolute atomic E-state index is 0.000632. The third-order valence-corrected chi connectivity index (χ3v) is 7.15. The van der Waals surface area contributed by atoms with Gasteiger partial charge in [0.05, 0.1) is 9.79 Å². The molecule has 0 aliphatic heterocycles. The Hall–Kier alpha value is -3.58. The van der Waals surface area contributed by atoms with E-state index in [1.54, 1.807) is 47.2 Å². The Labute approximate surface area is 188 Å². The summed E-state index contributed by atoms with van der Waals surface area (Å²) in [5.74, 6) is -0.234. The average molecular weight is 448 g/mol. The summed E-state index contributed by atoms with van der Waals surface area (Å²) in [6.07, 6.45) is 1.55. The van der Waals surface area contributed by atoms with Crippen molar-refractivity contribution in [2.75, 3.05) is 24.3 Å². The molecule has 6 nitrogen and oxygen atoms in total. The molecule has 0 fully saturated rings. The van der Waals surface area contributed by atoms with Crippen molar-refractivity contribution in [1.29, 1.82) is 0 Å². The van der Waals surface area contributed by atoms with Crippen LogP contribution in [0.5, 0.6) is 0 Å². The van der Waals surface area contributed by atoms with Gasteiger partial charge in [-0.25, -0.2) is 8.42 Å². The zero-order valence-corrected chi connectivity index (χ0v) is 19.1. The number of sulfone groups is 1. The first kappa shape index (κ1) is 21.6. The molecule has 7 heteroatoms. The number of aryl methyl sites for hydroxylation is 1. The van der Waals surface area contributed by atoms with E-state index in [2.05, 4.69) is 5.32 Å². The fourth-order valence-corrected chi connectivity index (χ4v) is 5.08. The molecule has 1 N–H and O–H groups in total. The summed E-state index contributed by atoms with van der Waals surface area (Å²) in [4.78, 5) is 15.1. The summed E-state index contributed by atoms with van der Waals surface area (Å²) in [6.45, 7) is 1.91. The molecule has 4 rings (SSSR count). The predicted molar refractivity (Wildman–Crippen MR) is 128 cm³/mol. The predicted octanol–water partition coefficient (Wildman–Crippen LogP) is 4.49. The van der Waals surface area contributed by atoms with Gasteiger partial charge in [-0.3, -0.25) is 4.79 Å². The molecule has 32 heavy (non-hydrogen) atoms. The maximum absolute atomic E-state index is 13.3. The monoisotopic (exact) mass is 447 g/mol. The molecule has 1 heterocycles. The zero-order valence-electron chi connectivity index (χ0n) is 18.2. The van der Waals surface area contributed by atoms with Crippen LogP contribution in [-0.4, -0.2) is 33.0 Å². The van der Waals surface area contributed by atoms with Gasteiger partial charge in [-0.15, -0.1) is 0 Å². The number of anilines is 2. The molecular weight excluding hydrogens is 422 g/mol. The summed E-state index contributed by atoms with van der Waals surface area (Å²) in [5, 5.41) is 3.47. The molecule has 0 bridgehead atoms. The number of amides is 1. The van der Waals surface area contributed by atoms with Gasteiger partial charge in [0.15, 0.2) is 0 Å². The smallest absolute Gasteiger partial charge is 0.244 e. The van der Waals surface area contributed by atoms with Gasteiger partial charge in [-0.05, 0) is 49.4 Å². The van der Waals surface area contributed by atoms with Gasteiger partial charge in [0.2, 0.25) is 15.7 Å².